The molecule has 0 aliphatic carbocycles. The van der Waals surface area contributed by atoms with Crippen molar-refractivity contribution >= 4 is 21.9 Å². The van der Waals surface area contributed by atoms with Gasteiger partial charge in [-0.3, -0.25) is 5.10 Å². The lowest BCUT2D eigenvalue weighted by atomic mass is 10.1. The number of esters is 1. The van der Waals surface area contributed by atoms with Gasteiger partial charge in [-0.25, -0.2) is 4.79 Å². The molecule has 1 heterocycles. The van der Waals surface area contributed by atoms with Gasteiger partial charge >= 0.3 is 5.97 Å². The first-order valence-electron chi connectivity index (χ1n) is 5.61. The van der Waals surface area contributed by atoms with Crippen LogP contribution >= 0.6 is 15.9 Å². The molecule has 1 N–H and O–H groups in total. The molecule has 1 aromatic carbocycles. The van der Waals surface area contributed by atoms with Gasteiger partial charge in [0.1, 0.15) is 5.69 Å². The molecule has 0 atom stereocenters. The van der Waals surface area contributed by atoms with Crippen molar-refractivity contribution in [3.05, 3.63) is 40.0 Å². The molecule has 2 aromatic rings. The van der Waals surface area contributed by atoms with Crippen molar-refractivity contribution < 1.29 is 9.53 Å². The summed E-state index contributed by atoms with van der Waals surface area (Å²) in [7, 11) is 0. The van der Waals surface area contributed by atoms with Gasteiger partial charge in [0.2, 0.25) is 0 Å². The summed E-state index contributed by atoms with van der Waals surface area (Å²) in [6, 6.07) is 7.64. The first-order valence-corrected chi connectivity index (χ1v) is 6.40. The molecule has 0 aliphatic rings. The van der Waals surface area contributed by atoms with E-state index >= 15 is 0 Å². The van der Waals surface area contributed by atoms with Crippen molar-refractivity contribution in [1.29, 1.82) is 0 Å². The van der Waals surface area contributed by atoms with E-state index in [2.05, 4.69) is 26.1 Å². The van der Waals surface area contributed by atoms with Crippen LogP contribution in [-0.4, -0.2) is 22.8 Å². The Morgan fingerprint density at radius 3 is 2.94 bits per heavy atom. The molecule has 2 rings (SSSR count). The Morgan fingerprint density at radius 1 is 1.44 bits per heavy atom. The third-order valence-corrected chi connectivity index (χ3v) is 3.04. The van der Waals surface area contributed by atoms with E-state index in [1.807, 2.05) is 25.1 Å². The van der Waals surface area contributed by atoms with E-state index in [0.717, 1.165) is 21.3 Å². The smallest absolute Gasteiger partial charge is 0.356 e. The zero-order valence-electron chi connectivity index (χ0n) is 10.2. The monoisotopic (exact) mass is 308 g/mol. The van der Waals surface area contributed by atoms with Crippen molar-refractivity contribution in [3.63, 3.8) is 0 Å². The molecular formula is C13H13BrN2O2. The fraction of sp³-hybridized carbons (Fsp3) is 0.231. The van der Waals surface area contributed by atoms with Crippen LogP contribution < -0.4 is 0 Å². The third kappa shape index (κ3) is 2.61. The number of carbonyl (C=O) groups is 1. The predicted molar refractivity (Wildman–Crippen MR) is 72.4 cm³/mol. The van der Waals surface area contributed by atoms with Crippen LogP contribution in [0, 0.1) is 6.92 Å². The van der Waals surface area contributed by atoms with Gasteiger partial charge in [-0.05, 0) is 37.6 Å². The molecule has 1 aromatic heterocycles. The highest BCUT2D eigenvalue weighted by molar-refractivity contribution is 9.10. The number of hydrogen-bond donors (Lipinski definition) is 1. The molecule has 18 heavy (non-hydrogen) atoms. The minimum Gasteiger partial charge on any atom is -0.461 e. The van der Waals surface area contributed by atoms with Crippen LogP contribution in [0.2, 0.25) is 0 Å². The van der Waals surface area contributed by atoms with Gasteiger partial charge in [-0.2, -0.15) is 5.10 Å². The number of aromatic nitrogens is 2. The maximum Gasteiger partial charge on any atom is 0.356 e. The lowest BCUT2D eigenvalue weighted by molar-refractivity contribution is 0.0519. The van der Waals surface area contributed by atoms with E-state index in [1.165, 1.54) is 0 Å². The predicted octanol–water partition coefficient (Wildman–Crippen LogP) is 3.32. The number of aryl methyl sites for hydroxylation is 1. The zero-order chi connectivity index (χ0) is 13.1. The highest BCUT2D eigenvalue weighted by Crippen LogP contribution is 2.25. The summed E-state index contributed by atoms with van der Waals surface area (Å²) in [6.07, 6.45) is 0. The van der Waals surface area contributed by atoms with Gasteiger partial charge < -0.3 is 4.74 Å². The summed E-state index contributed by atoms with van der Waals surface area (Å²) < 4.78 is 5.89. The highest BCUT2D eigenvalue weighted by Gasteiger charge is 2.13. The van der Waals surface area contributed by atoms with Crippen molar-refractivity contribution in [3.8, 4) is 11.3 Å². The van der Waals surface area contributed by atoms with Gasteiger partial charge in [0, 0.05) is 10.0 Å². The fourth-order valence-corrected chi connectivity index (χ4v) is 2.00. The number of nitrogens with zero attached hydrogens (tertiary/aromatic N) is 1. The number of halogens is 1. The SMILES string of the molecule is CCOC(=O)c1cc(-c2cc(Br)ccc2C)n[nH]1. The molecule has 0 aliphatic heterocycles. The van der Waals surface area contributed by atoms with Gasteiger partial charge in [0.05, 0.1) is 12.3 Å². The number of benzene rings is 1. The summed E-state index contributed by atoms with van der Waals surface area (Å²) in [5.41, 5.74) is 3.18. The first kappa shape index (κ1) is 12.8. The third-order valence-electron chi connectivity index (χ3n) is 2.55. The normalized spacial score (nSPS) is 10.4. The fourth-order valence-electron chi connectivity index (χ4n) is 1.64. The average molecular weight is 309 g/mol. The minimum absolute atomic E-state index is 0.350. The van der Waals surface area contributed by atoms with Crippen LogP contribution in [0.1, 0.15) is 23.0 Å². The lowest BCUT2D eigenvalue weighted by Gasteiger charge is -2.02. The molecule has 0 saturated carbocycles. The van der Waals surface area contributed by atoms with E-state index in [4.69, 9.17) is 4.74 Å². The topological polar surface area (TPSA) is 55.0 Å². The summed E-state index contributed by atoms with van der Waals surface area (Å²) in [5.74, 6) is -0.385. The van der Waals surface area contributed by atoms with E-state index in [0.29, 0.717) is 12.3 Å². The molecule has 0 saturated heterocycles. The number of rotatable bonds is 3. The van der Waals surface area contributed by atoms with E-state index in [9.17, 15) is 4.79 Å². The molecule has 0 unspecified atom stereocenters. The number of hydrogen-bond acceptors (Lipinski definition) is 3. The van der Waals surface area contributed by atoms with E-state index < -0.39 is 0 Å². The molecular weight excluding hydrogens is 296 g/mol. The Labute approximate surface area is 113 Å². The second kappa shape index (κ2) is 5.35. The maximum absolute atomic E-state index is 11.5. The van der Waals surface area contributed by atoms with Crippen LogP contribution in [0.5, 0.6) is 0 Å². The molecule has 0 fully saturated rings. The summed E-state index contributed by atoms with van der Waals surface area (Å²) in [4.78, 5) is 11.5. The van der Waals surface area contributed by atoms with Crippen molar-refractivity contribution in [2.24, 2.45) is 0 Å². The number of nitrogens with one attached hydrogen (secondary N) is 1. The molecule has 0 radical (unpaired) electrons. The Hall–Kier alpha value is -1.62. The lowest BCUT2D eigenvalue weighted by Crippen LogP contribution is -2.04. The molecule has 0 spiro atoms. The zero-order valence-corrected chi connectivity index (χ0v) is 11.7. The van der Waals surface area contributed by atoms with E-state index in [1.54, 1.807) is 13.0 Å². The summed E-state index contributed by atoms with van der Waals surface area (Å²) in [5, 5.41) is 6.84. The summed E-state index contributed by atoms with van der Waals surface area (Å²) >= 11 is 3.42. The minimum atomic E-state index is -0.385. The number of ether oxygens (including phenoxy) is 1. The largest absolute Gasteiger partial charge is 0.461 e. The van der Waals surface area contributed by atoms with Gasteiger partial charge in [0.25, 0.3) is 0 Å². The standard InChI is InChI=1S/C13H13BrN2O2/c1-3-18-13(17)12-7-11(15-16-12)10-6-9(14)5-4-8(10)2/h4-7H,3H2,1-2H3,(H,15,16). The number of aromatic amines is 1. The van der Waals surface area contributed by atoms with Gasteiger partial charge in [-0.15, -0.1) is 0 Å². The van der Waals surface area contributed by atoms with Crippen LogP contribution in [0.4, 0.5) is 0 Å². The first-order chi connectivity index (χ1) is 8.61. The Balaban J connectivity index is 2.35. The van der Waals surface area contributed by atoms with Gasteiger partial charge in [0.15, 0.2) is 0 Å². The maximum atomic E-state index is 11.5. The Morgan fingerprint density at radius 2 is 2.22 bits per heavy atom. The highest BCUT2D eigenvalue weighted by atomic mass is 79.9. The van der Waals surface area contributed by atoms with Crippen molar-refractivity contribution in [2.75, 3.05) is 6.61 Å². The van der Waals surface area contributed by atoms with Crippen LogP contribution in [-0.2, 0) is 4.74 Å². The molecule has 0 amide bonds. The number of carbonyl (C=O) groups excluding carboxylic acids is 1. The van der Waals surface area contributed by atoms with E-state index in [-0.39, 0.29) is 5.97 Å². The molecule has 0 bridgehead atoms. The van der Waals surface area contributed by atoms with Crippen molar-refractivity contribution in [1.82, 2.24) is 10.2 Å². The second-order valence-electron chi connectivity index (χ2n) is 3.85. The van der Waals surface area contributed by atoms with Crippen LogP contribution in [0.25, 0.3) is 11.3 Å². The average Bonchev–Trinajstić information content (AvgIpc) is 2.82. The Kier molecular flexibility index (Phi) is 3.81. The molecule has 94 valence electrons. The summed E-state index contributed by atoms with van der Waals surface area (Å²) in [6.45, 7) is 4.12. The van der Waals surface area contributed by atoms with Gasteiger partial charge in [-0.1, -0.05) is 22.0 Å². The van der Waals surface area contributed by atoms with Crippen LogP contribution in [0.3, 0.4) is 0 Å². The molecule has 4 nitrogen and oxygen atoms in total. The quantitative estimate of drug-likeness (QED) is 0.885. The van der Waals surface area contributed by atoms with Crippen molar-refractivity contribution in [2.45, 2.75) is 13.8 Å². The Bertz CT molecular complexity index is 578. The van der Waals surface area contributed by atoms with Crippen LogP contribution in [0.15, 0.2) is 28.7 Å². The molecule has 5 heteroatoms. The number of H-pyrrole nitrogens is 1. The second-order valence-corrected chi connectivity index (χ2v) is 4.76.